The van der Waals surface area contributed by atoms with E-state index in [0.717, 1.165) is 22.4 Å². The molecule has 1 heterocycles. The molecule has 5 rings (SSSR count). The van der Waals surface area contributed by atoms with Crippen LogP contribution >= 0.6 is 0 Å². The lowest BCUT2D eigenvalue weighted by atomic mass is 9.87. The van der Waals surface area contributed by atoms with Crippen molar-refractivity contribution in [1.29, 1.82) is 0 Å². The van der Waals surface area contributed by atoms with Crippen LogP contribution in [0.4, 0.5) is 0 Å². The maximum Gasteiger partial charge on any atom is 0.330 e. The third-order valence-corrected chi connectivity index (χ3v) is 16.3. The van der Waals surface area contributed by atoms with Gasteiger partial charge < -0.3 is 63.6 Å². The van der Waals surface area contributed by atoms with Crippen molar-refractivity contribution in [3.63, 3.8) is 0 Å². The molecule has 0 saturated carbocycles. The molecule has 0 radical (unpaired) electrons. The number of methoxy groups -OCH3 is 2. The standard InChI is InChI=1S/C70H95N7O16/c1-15-18-28-53(65(84)72-52(38-47-30-33-48-24-19-20-25-49(48)37-47)66(85)76(12)55(43-92-69(4,5)6)64(83)71-41-59(78)73(9)17-3)75(11)60(79)42-74(10)61(80)44-90-51-27-23-26-50(40-51)56(34-31-46-32-35-57(88-13)58(39-46)89-14)93-68(87)54-29-21-22-36-77(54)67(86)63(82)70(7,8)45-91-62(81)16-2/h16,19-20,23-27,30,32-33,35,37,39-40,52-56H,2,15,17-18,21-22,28-29,31,34,36,38,41-45H2,1,3-14H3,(H,71,83)(H,72,84)/t52-,53+,54+,55+,56-/m0/s1. The summed E-state index contributed by atoms with van der Waals surface area (Å²) in [7, 11) is 8.97. The predicted molar refractivity (Wildman–Crippen MR) is 350 cm³/mol. The monoisotopic (exact) mass is 1290 g/mol. The lowest BCUT2D eigenvalue weighted by Crippen LogP contribution is -2.59. The van der Waals surface area contributed by atoms with Crippen LogP contribution in [0.3, 0.4) is 0 Å². The van der Waals surface area contributed by atoms with Gasteiger partial charge in [0.15, 0.2) is 18.1 Å². The minimum Gasteiger partial charge on any atom is -0.493 e. The number of ether oxygens (including phenoxy) is 6. The Morgan fingerprint density at radius 3 is 2.10 bits per heavy atom. The number of likely N-dealkylation sites (N-methyl/N-ethyl adjacent to an activating group) is 4. The molecule has 1 saturated heterocycles. The van der Waals surface area contributed by atoms with E-state index in [0.29, 0.717) is 61.3 Å². The fourth-order valence-electron chi connectivity index (χ4n) is 10.3. The summed E-state index contributed by atoms with van der Waals surface area (Å²) in [5, 5.41) is 7.46. The minimum atomic E-state index is -1.41. The highest BCUT2D eigenvalue weighted by molar-refractivity contribution is 6.38. The second-order valence-electron chi connectivity index (χ2n) is 24.9. The van der Waals surface area contributed by atoms with Gasteiger partial charge in [-0.05, 0) is 132 Å². The summed E-state index contributed by atoms with van der Waals surface area (Å²) in [6.45, 7) is 14.1. The largest absolute Gasteiger partial charge is 0.493 e. The number of rotatable bonds is 34. The molecule has 5 atom stereocenters. The Balaban J connectivity index is 1.34. The van der Waals surface area contributed by atoms with Gasteiger partial charge in [-0.2, -0.15) is 0 Å². The first-order valence-corrected chi connectivity index (χ1v) is 31.5. The van der Waals surface area contributed by atoms with Crippen LogP contribution in [0.5, 0.6) is 17.2 Å². The van der Waals surface area contributed by atoms with Crippen molar-refractivity contribution < 1.29 is 76.4 Å². The molecule has 2 N–H and O–H groups in total. The van der Waals surface area contributed by atoms with Gasteiger partial charge in [-0.3, -0.25) is 38.4 Å². The Bertz CT molecular complexity index is 3290. The van der Waals surface area contributed by atoms with E-state index in [2.05, 4.69) is 17.2 Å². The number of hydrogen-bond acceptors (Lipinski definition) is 16. The van der Waals surface area contributed by atoms with E-state index in [1.807, 2.05) is 61.5 Å². The second kappa shape index (κ2) is 35.3. The van der Waals surface area contributed by atoms with Crippen LogP contribution in [-0.4, -0.2) is 202 Å². The van der Waals surface area contributed by atoms with Gasteiger partial charge in [0.1, 0.15) is 42.6 Å². The molecule has 0 aromatic heterocycles. The molecule has 93 heavy (non-hydrogen) atoms. The highest BCUT2D eigenvalue weighted by Gasteiger charge is 2.43. The summed E-state index contributed by atoms with van der Waals surface area (Å²) in [4.78, 5) is 145. The number of Topliss-reactive ketones (excluding diaryl/α,β-unsaturated/α-hetero) is 1. The van der Waals surface area contributed by atoms with Gasteiger partial charge in [0.05, 0.1) is 44.9 Å². The summed E-state index contributed by atoms with van der Waals surface area (Å²) >= 11 is 0. The fourth-order valence-corrected chi connectivity index (χ4v) is 10.3. The highest BCUT2D eigenvalue weighted by atomic mass is 16.5. The highest BCUT2D eigenvalue weighted by Crippen LogP contribution is 2.33. The van der Waals surface area contributed by atoms with Gasteiger partial charge in [0.2, 0.25) is 35.3 Å². The summed E-state index contributed by atoms with van der Waals surface area (Å²) in [6, 6.07) is 20.7. The maximum atomic E-state index is 14.9. The van der Waals surface area contributed by atoms with Crippen LogP contribution in [0.15, 0.2) is 97.6 Å². The van der Waals surface area contributed by atoms with Gasteiger partial charge in [-0.15, -0.1) is 0 Å². The van der Waals surface area contributed by atoms with Crippen LogP contribution in [0.25, 0.3) is 10.8 Å². The minimum absolute atomic E-state index is 0.00101. The van der Waals surface area contributed by atoms with E-state index < -0.39 is 108 Å². The van der Waals surface area contributed by atoms with Crippen molar-refractivity contribution in [1.82, 2.24) is 35.1 Å². The van der Waals surface area contributed by atoms with E-state index in [1.54, 1.807) is 65.1 Å². The fraction of sp³-hybridized carbons (Fsp3) is 0.514. The number of aryl methyl sites for hydroxylation is 1. The third-order valence-electron chi connectivity index (χ3n) is 16.3. The lowest BCUT2D eigenvalue weighted by molar-refractivity contribution is -0.165. The normalized spacial score (nSPS) is 14.4. The Hall–Kier alpha value is -8.86. The molecule has 4 aromatic carbocycles. The van der Waals surface area contributed by atoms with Gasteiger partial charge >= 0.3 is 11.9 Å². The number of likely N-dealkylation sites (tertiary alicyclic amines) is 1. The lowest BCUT2D eigenvalue weighted by Gasteiger charge is -2.36. The molecular weight excluding hydrogens is 1190 g/mol. The third kappa shape index (κ3) is 21.9. The number of amides is 7. The molecule has 0 aliphatic carbocycles. The van der Waals surface area contributed by atoms with Crippen LogP contribution in [0, 0.1) is 5.41 Å². The smallest absolute Gasteiger partial charge is 0.330 e. The first-order chi connectivity index (χ1) is 44.1. The number of unbranched alkanes of at least 4 members (excludes halogenated alkanes) is 1. The van der Waals surface area contributed by atoms with E-state index in [4.69, 9.17) is 28.4 Å². The molecule has 506 valence electrons. The first kappa shape index (κ1) is 74.9. The molecule has 1 fully saturated rings. The number of ketones is 1. The Morgan fingerprint density at radius 2 is 1.43 bits per heavy atom. The summed E-state index contributed by atoms with van der Waals surface area (Å²) < 4.78 is 34.5. The number of benzene rings is 4. The van der Waals surface area contributed by atoms with Gasteiger partial charge in [-0.1, -0.05) is 87.0 Å². The summed E-state index contributed by atoms with van der Waals surface area (Å²) in [5.41, 5.74) is -0.109. The summed E-state index contributed by atoms with van der Waals surface area (Å²) in [5.74, 6) is -5.42. The Morgan fingerprint density at radius 1 is 0.731 bits per heavy atom. The van der Waals surface area contributed by atoms with E-state index in [-0.39, 0.29) is 63.6 Å². The van der Waals surface area contributed by atoms with Crippen molar-refractivity contribution in [2.45, 2.75) is 142 Å². The van der Waals surface area contributed by atoms with E-state index >= 15 is 0 Å². The number of fused-ring (bicyclic) bond motifs is 1. The predicted octanol–water partition coefficient (Wildman–Crippen LogP) is 6.60. The van der Waals surface area contributed by atoms with Gasteiger partial charge in [-0.25, -0.2) is 9.59 Å². The van der Waals surface area contributed by atoms with Crippen molar-refractivity contribution >= 4 is 69.8 Å². The first-order valence-electron chi connectivity index (χ1n) is 31.5. The van der Waals surface area contributed by atoms with Crippen LogP contribution in [0.1, 0.15) is 116 Å². The number of carbonyl (C=O) groups excluding carboxylic acids is 10. The molecule has 7 amide bonds. The molecule has 23 heteroatoms. The number of esters is 2. The van der Waals surface area contributed by atoms with Crippen LogP contribution < -0.4 is 24.8 Å². The zero-order valence-corrected chi connectivity index (χ0v) is 56.3. The molecule has 0 unspecified atom stereocenters. The molecule has 23 nitrogen and oxygen atoms in total. The van der Waals surface area contributed by atoms with Crippen molar-refractivity contribution in [2.75, 3.05) is 88.4 Å². The SMILES string of the molecule is C=CC(=O)OCC(C)(C)C(=O)C(=O)N1CCCC[C@@H]1C(=O)O[C@@H](CCc1ccc(OC)c(OC)c1)c1cccc(OCC(=O)N(C)CC(=O)N(C)[C@H](CCCC)C(=O)N[C@@H](Cc2ccc3ccccc3c2)C(=O)N(C)[C@H](COC(C)(C)C)C(=O)NCC(=O)N(C)CC)c1. The number of carbonyl (C=O) groups is 10. The zero-order chi connectivity index (χ0) is 68.7. The van der Waals surface area contributed by atoms with Crippen LogP contribution in [-0.2, 0) is 75.0 Å². The van der Waals surface area contributed by atoms with Crippen LogP contribution in [0.2, 0.25) is 0 Å². The average molecular weight is 1290 g/mol. The molecule has 0 bridgehead atoms. The Labute approximate surface area is 546 Å². The molecule has 1 aliphatic heterocycles. The molecule has 0 spiro atoms. The number of nitrogens with one attached hydrogen (secondary N) is 2. The quantitative estimate of drug-likeness (QED) is 0.0283. The van der Waals surface area contributed by atoms with Crippen molar-refractivity contribution in [3.05, 3.63) is 114 Å². The van der Waals surface area contributed by atoms with Crippen molar-refractivity contribution in [3.8, 4) is 17.2 Å². The van der Waals surface area contributed by atoms with Crippen molar-refractivity contribution in [2.24, 2.45) is 5.41 Å². The number of nitrogens with zero attached hydrogens (tertiary/aromatic N) is 5. The van der Waals surface area contributed by atoms with E-state index in [1.165, 1.54) is 73.7 Å². The number of piperidine rings is 1. The van der Waals surface area contributed by atoms with E-state index in [9.17, 15) is 47.9 Å². The second-order valence-corrected chi connectivity index (χ2v) is 24.9. The zero-order valence-electron chi connectivity index (χ0n) is 56.3. The van der Waals surface area contributed by atoms with Gasteiger partial charge in [0, 0.05) is 53.8 Å². The number of hydrogen-bond donors (Lipinski definition) is 2. The average Bonchev–Trinajstić information content (AvgIpc) is 0.856. The maximum absolute atomic E-state index is 14.9. The topological polar surface area (TPSA) is 266 Å². The van der Waals surface area contributed by atoms with Gasteiger partial charge in [0.25, 0.3) is 11.8 Å². The summed E-state index contributed by atoms with van der Waals surface area (Å²) in [6.07, 6.45) is 3.34. The Kier molecular flexibility index (Phi) is 28.4. The molecular formula is C70H95N7O16. The molecule has 1 aliphatic rings. The molecule has 4 aromatic rings.